The standard InChI is InChI=1S/C21H24FN3O3/c22-17-6-4-16(5-7-17)15-25-11-8-18(20(25)26)23-9-2-10-24(13-12-23)21(27)19-3-1-14-28-19/h1,3-7,14,18H,2,8-13,15H2/t18-/m0/s1. The van der Waals surface area contributed by atoms with Crippen molar-refractivity contribution in [1.82, 2.24) is 14.7 Å². The van der Waals surface area contributed by atoms with Crippen LogP contribution < -0.4 is 0 Å². The molecule has 0 saturated carbocycles. The Bertz CT molecular complexity index is 822. The molecule has 0 radical (unpaired) electrons. The van der Waals surface area contributed by atoms with E-state index in [9.17, 15) is 14.0 Å². The number of benzene rings is 1. The SMILES string of the molecule is O=C(c1ccco1)N1CCCN([C@H]2CCN(Cc3ccc(F)cc3)C2=O)CC1. The Morgan fingerprint density at radius 2 is 1.89 bits per heavy atom. The third-order valence-electron chi connectivity index (χ3n) is 5.55. The Balaban J connectivity index is 1.35. The van der Waals surface area contributed by atoms with E-state index in [1.807, 2.05) is 4.90 Å². The molecule has 2 amide bonds. The van der Waals surface area contributed by atoms with Gasteiger partial charge in [0.2, 0.25) is 5.91 Å². The van der Waals surface area contributed by atoms with Crippen molar-refractivity contribution in [3.8, 4) is 0 Å². The second-order valence-electron chi connectivity index (χ2n) is 7.35. The fourth-order valence-corrected chi connectivity index (χ4v) is 4.04. The average molecular weight is 385 g/mol. The summed E-state index contributed by atoms with van der Waals surface area (Å²) in [5.74, 6) is 0.112. The zero-order valence-corrected chi connectivity index (χ0v) is 15.7. The number of nitrogens with zero attached hydrogens (tertiary/aromatic N) is 3. The molecule has 0 N–H and O–H groups in total. The number of carbonyl (C=O) groups excluding carboxylic acids is 2. The first-order chi connectivity index (χ1) is 13.6. The van der Waals surface area contributed by atoms with Gasteiger partial charge in [0, 0.05) is 39.3 Å². The lowest BCUT2D eigenvalue weighted by Crippen LogP contribution is -2.44. The molecule has 6 nitrogen and oxygen atoms in total. The van der Waals surface area contributed by atoms with Crippen molar-refractivity contribution in [2.24, 2.45) is 0 Å². The Hall–Kier alpha value is -2.67. The van der Waals surface area contributed by atoms with E-state index in [0.29, 0.717) is 38.5 Å². The lowest BCUT2D eigenvalue weighted by molar-refractivity contribution is -0.132. The third kappa shape index (κ3) is 3.94. The fourth-order valence-electron chi connectivity index (χ4n) is 4.04. The van der Waals surface area contributed by atoms with Crippen LogP contribution in [0.5, 0.6) is 0 Å². The minimum Gasteiger partial charge on any atom is -0.459 e. The minimum absolute atomic E-state index is 0.0949. The van der Waals surface area contributed by atoms with Gasteiger partial charge in [0.15, 0.2) is 5.76 Å². The largest absolute Gasteiger partial charge is 0.459 e. The van der Waals surface area contributed by atoms with Crippen LogP contribution >= 0.6 is 0 Å². The van der Waals surface area contributed by atoms with Crippen LogP contribution in [0.25, 0.3) is 0 Å². The fraction of sp³-hybridized carbons (Fsp3) is 0.429. The average Bonchev–Trinajstić information content (AvgIpc) is 3.28. The molecule has 0 unspecified atom stereocenters. The van der Waals surface area contributed by atoms with Gasteiger partial charge in [-0.1, -0.05) is 12.1 Å². The predicted octanol–water partition coefficient (Wildman–Crippen LogP) is 2.37. The van der Waals surface area contributed by atoms with Crippen LogP contribution in [0.3, 0.4) is 0 Å². The van der Waals surface area contributed by atoms with Gasteiger partial charge >= 0.3 is 0 Å². The van der Waals surface area contributed by atoms with E-state index in [2.05, 4.69) is 4.90 Å². The van der Waals surface area contributed by atoms with E-state index in [1.54, 1.807) is 29.2 Å². The summed E-state index contributed by atoms with van der Waals surface area (Å²) in [4.78, 5) is 31.2. The topological polar surface area (TPSA) is 57.0 Å². The maximum absolute atomic E-state index is 13.1. The monoisotopic (exact) mass is 385 g/mol. The van der Waals surface area contributed by atoms with E-state index in [-0.39, 0.29) is 23.7 Å². The van der Waals surface area contributed by atoms with E-state index in [1.165, 1.54) is 18.4 Å². The highest BCUT2D eigenvalue weighted by Crippen LogP contribution is 2.22. The molecule has 2 aromatic rings. The number of furan rings is 1. The van der Waals surface area contributed by atoms with Gasteiger partial charge in [0.1, 0.15) is 5.82 Å². The summed E-state index contributed by atoms with van der Waals surface area (Å²) in [7, 11) is 0. The zero-order valence-electron chi connectivity index (χ0n) is 15.7. The van der Waals surface area contributed by atoms with E-state index < -0.39 is 0 Å². The van der Waals surface area contributed by atoms with Crippen LogP contribution in [0.4, 0.5) is 4.39 Å². The van der Waals surface area contributed by atoms with Gasteiger partial charge in [-0.2, -0.15) is 0 Å². The Kier molecular flexibility index (Phi) is 5.43. The summed E-state index contributed by atoms with van der Waals surface area (Å²) in [6.45, 7) is 3.92. The summed E-state index contributed by atoms with van der Waals surface area (Å²) in [6, 6.07) is 9.54. The molecule has 1 aromatic heterocycles. The van der Waals surface area contributed by atoms with Crippen LogP contribution in [0.1, 0.15) is 29.0 Å². The molecule has 2 aliphatic rings. The minimum atomic E-state index is -0.271. The van der Waals surface area contributed by atoms with Gasteiger partial charge in [-0.25, -0.2) is 4.39 Å². The quantitative estimate of drug-likeness (QED) is 0.811. The van der Waals surface area contributed by atoms with Gasteiger partial charge in [-0.15, -0.1) is 0 Å². The summed E-state index contributed by atoms with van der Waals surface area (Å²) < 4.78 is 18.3. The highest BCUT2D eigenvalue weighted by atomic mass is 19.1. The molecular formula is C21H24FN3O3. The molecule has 28 heavy (non-hydrogen) atoms. The summed E-state index contributed by atoms with van der Waals surface area (Å²) in [5, 5.41) is 0. The van der Waals surface area contributed by atoms with E-state index in [0.717, 1.165) is 24.9 Å². The highest BCUT2D eigenvalue weighted by molar-refractivity contribution is 5.91. The van der Waals surface area contributed by atoms with Crippen LogP contribution in [-0.2, 0) is 11.3 Å². The van der Waals surface area contributed by atoms with E-state index in [4.69, 9.17) is 4.42 Å². The van der Waals surface area contributed by atoms with Crippen LogP contribution in [0, 0.1) is 5.82 Å². The van der Waals surface area contributed by atoms with Gasteiger partial charge < -0.3 is 14.2 Å². The highest BCUT2D eigenvalue weighted by Gasteiger charge is 2.36. The molecule has 2 saturated heterocycles. The molecule has 3 heterocycles. The van der Waals surface area contributed by atoms with Crippen molar-refractivity contribution >= 4 is 11.8 Å². The molecule has 1 atom stereocenters. The van der Waals surface area contributed by atoms with E-state index >= 15 is 0 Å². The molecule has 0 aliphatic carbocycles. The summed E-state index contributed by atoms with van der Waals surface area (Å²) in [6.07, 6.45) is 3.12. The number of likely N-dealkylation sites (tertiary alicyclic amines) is 1. The molecule has 7 heteroatoms. The first-order valence-corrected chi connectivity index (χ1v) is 9.72. The molecular weight excluding hydrogens is 361 g/mol. The maximum atomic E-state index is 13.1. The predicted molar refractivity (Wildman–Crippen MR) is 101 cm³/mol. The number of halogens is 1. The van der Waals surface area contributed by atoms with Crippen molar-refractivity contribution in [1.29, 1.82) is 0 Å². The molecule has 2 fully saturated rings. The molecule has 0 spiro atoms. The van der Waals surface area contributed by atoms with Gasteiger partial charge in [-0.05, 0) is 42.7 Å². The lowest BCUT2D eigenvalue weighted by atomic mass is 10.2. The van der Waals surface area contributed by atoms with Crippen molar-refractivity contribution in [2.45, 2.75) is 25.4 Å². The first kappa shape index (κ1) is 18.7. The number of hydrogen-bond acceptors (Lipinski definition) is 4. The number of hydrogen-bond donors (Lipinski definition) is 0. The molecule has 1 aromatic carbocycles. The van der Waals surface area contributed by atoms with Crippen molar-refractivity contribution in [3.05, 3.63) is 59.8 Å². The van der Waals surface area contributed by atoms with Gasteiger partial charge in [-0.3, -0.25) is 14.5 Å². The lowest BCUT2D eigenvalue weighted by Gasteiger charge is -2.26. The zero-order chi connectivity index (χ0) is 19.5. The van der Waals surface area contributed by atoms with Gasteiger partial charge in [0.25, 0.3) is 5.91 Å². The number of amides is 2. The summed E-state index contributed by atoms with van der Waals surface area (Å²) >= 11 is 0. The van der Waals surface area contributed by atoms with Crippen LogP contribution in [0.15, 0.2) is 47.1 Å². The van der Waals surface area contributed by atoms with Crippen LogP contribution in [-0.4, -0.2) is 65.3 Å². The summed E-state index contributed by atoms with van der Waals surface area (Å²) in [5.41, 5.74) is 0.932. The molecule has 0 bridgehead atoms. The first-order valence-electron chi connectivity index (χ1n) is 9.72. The second-order valence-corrected chi connectivity index (χ2v) is 7.35. The smallest absolute Gasteiger partial charge is 0.289 e. The van der Waals surface area contributed by atoms with Gasteiger partial charge in [0.05, 0.1) is 12.3 Å². The molecule has 148 valence electrons. The molecule has 2 aliphatic heterocycles. The normalized spacial score (nSPS) is 21.2. The van der Waals surface area contributed by atoms with Crippen molar-refractivity contribution in [3.63, 3.8) is 0 Å². The number of carbonyl (C=O) groups is 2. The van der Waals surface area contributed by atoms with Crippen LogP contribution in [0.2, 0.25) is 0 Å². The van der Waals surface area contributed by atoms with Crippen molar-refractivity contribution < 1.29 is 18.4 Å². The Morgan fingerprint density at radius 1 is 1.07 bits per heavy atom. The Labute approximate surface area is 163 Å². The maximum Gasteiger partial charge on any atom is 0.289 e. The third-order valence-corrected chi connectivity index (χ3v) is 5.55. The molecule has 4 rings (SSSR count). The number of rotatable bonds is 4. The van der Waals surface area contributed by atoms with Crippen molar-refractivity contribution in [2.75, 3.05) is 32.7 Å². The second kappa shape index (κ2) is 8.14. The Morgan fingerprint density at radius 3 is 2.64 bits per heavy atom.